The Labute approximate surface area is 98.1 Å². The molecule has 94 valence electrons. The zero-order valence-electron chi connectivity index (χ0n) is 10.8. The van der Waals surface area contributed by atoms with Crippen molar-refractivity contribution in [1.29, 1.82) is 0 Å². The smallest absolute Gasteiger partial charge is 0.407 e. The first kappa shape index (κ1) is 13.3. The van der Waals surface area contributed by atoms with Gasteiger partial charge in [-0.15, -0.1) is 0 Å². The van der Waals surface area contributed by atoms with Crippen molar-refractivity contribution in [3.63, 3.8) is 0 Å². The van der Waals surface area contributed by atoms with E-state index in [2.05, 4.69) is 17.6 Å². The van der Waals surface area contributed by atoms with Crippen LogP contribution in [0.25, 0.3) is 0 Å². The molecule has 16 heavy (non-hydrogen) atoms. The van der Waals surface area contributed by atoms with Crippen molar-refractivity contribution in [3.05, 3.63) is 0 Å². The van der Waals surface area contributed by atoms with Gasteiger partial charge in [-0.05, 0) is 33.6 Å². The van der Waals surface area contributed by atoms with Crippen molar-refractivity contribution < 1.29 is 9.53 Å². The molecule has 4 heteroatoms. The van der Waals surface area contributed by atoms with Gasteiger partial charge in [0.2, 0.25) is 0 Å². The first-order valence-corrected chi connectivity index (χ1v) is 6.13. The van der Waals surface area contributed by atoms with Crippen LogP contribution < -0.4 is 10.6 Å². The molecule has 0 spiro atoms. The number of ether oxygens (including phenoxy) is 1. The molecule has 2 N–H and O–H groups in total. The molecule has 1 aliphatic rings. The Hall–Kier alpha value is -0.770. The predicted octanol–water partition coefficient (Wildman–Crippen LogP) is 2.04. The molecule has 0 aromatic heterocycles. The van der Waals surface area contributed by atoms with Crippen molar-refractivity contribution in [2.75, 3.05) is 6.54 Å². The van der Waals surface area contributed by atoms with Gasteiger partial charge in [-0.1, -0.05) is 13.3 Å². The van der Waals surface area contributed by atoms with Gasteiger partial charge < -0.3 is 15.4 Å². The zero-order valence-corrected chi connectivity index (χ0v) is 10.8. The summed E-state index contributed by atoms with van der Waals surface area (Å²) in [5.74, 6) is 0. The third kappa shape index (κ3) is 4.84. The first-order valence-electron chi connectivity index (χ1n) is 6.13. The van der Waals surface area contributed by atoms with E-state index >= 15 is 0 Å². The molecule has 0 aromatic carbocycles. The molecule has 1 heterocycles. The van der Waals surface area contributed by atoms with E-state index in [9.17, 15) is 4.79 Å². The van der Waals surface area contributed by atoms with Gasteiger partial charge in [0.05, 0.1) is 0 Å². The molecule has 0 aliphatic carbocycles. The molecule has 4 nitrogen and oxygen atoms in total. The van der Waals surface area contributed by atoms with E-state index in [1.165, 1.54) is 12.8 Å². The number of hydrogen-bond acceptors (Lipinski definition) is 3. The molecule has 0 bridgehead atoms. The fraction of sp³-hybridized carbons (Fsp3) is 0.917. The highest BCUT2D eigenvalue weighted by Crippen LogP contribution is 2.13. The largest absolute Gasteiger partial charge is 0.444 e. The van der Waals surface area contributed by atoms with Gasteiger partial charge in [0.15, 0.2) is 0 Å². The number of rotatable bonds is 3. The molecule has 1 saturated heterocycles. The summed E-state index contributed by atoms with van der Waals surface area (Å²) < 4.78 is 5.22. The highest BCUT2D eigenvalue weighted by molar-refractivity contribution is 5.68. The van der Waals surface area contributed by atoms with Gasteiger partial charge in [0, 0.05) is 18.6 Å². The second kappa shape index (κ2) is 5.53. The maximum absolute atomic E-state index is 11.5. The highest BCUT2D eigenvalue weighted by Gasteiger charge is 2.26. The van der Waals surface area contributed by atoms with Crippen molar-refractivity contribution in [1.82, 2.24) is 10.6 Å². The molecule has 2 atom stereocenters. The molecular formula is C12H24N2O2. The number of amides is 1. The van der Waals surface area contributed by atoms with E-state index in [0.29, 0.717) is 6.04 Å². The maximum atomic E-state index is 11.5. The molecule has 0 aromatic rings. The second-order valence-corrected chi connectivity index (χ2v) is 5.47. The van der Waals surface area contributed by atoms with Crippen LogP contribution in [0.4, 0.5) is 4.79 Å². The average molecular weight is 228 g/mol. The van der Waals surface area contributed by atoms with Crippen molar-refractivity contribution >= 4 is 6.09 Å². The van der Waals surface area contributed by atoms with Crippen LogP contribution in [0.5, 0.6) is 0 Å². The Kier molecular flexibility index (Phi) is 4.59. The van der Waals surface area contributed by atoms with Crippen LogP contribution in [0.3, 0.4) is 0 Å². The minimum absolute atomic E-state index is 0.214. The average Bonchev–Trinajstić information content (AvgIpc) is 2.49. The third-order valence-electron chi connectivity index (χ3n) is 2.58. The Morgan fingerprint density at radius 2 is 2.19 bits per heavy atom. The van der Waals surface area contributed by atoms with E-state index in [0.717, 1.165) is 13.0 Å². The lowest BCUT2D eigenvalue weighted by Crippen LogP contribution is -2.40. The summed E-state index contributed by atoms with van der Waals surface area (Å²) in [6, 6.07) is 0.760. The molecule has 1 amide bonds. The minimum Gasteiger partial charge on any atom is -0.444 e. The van der Waals surface area contributed by atoms with Gasteiger partial charge in [0.25, 0.3) is 0 Å². The van der Waals surface area contributed by atoms with Crippen LogP contribution in [-0.4, -0.2) is 30.3 Å². The van der Waals surface area contributed by atoms with Gasteiger partial charge in [-0.2, -0.15) is 0 Å². The summed E-state index contributed by atoms with van der Waals surface area (Å²) in [6.45, 7) is 8.65. The molecule has 1 aliphatic heterocycles. The van der Waals surface area contributed by atoms with Crippen molar-refractivity contribution in [2.45, 2.75) is 64.6 Å². The SMILES string of the molecule is CCC[C@H]1C[C@H](NC(=O)OC(C)(C)C)CN1. The van der Waals surface area contributed by atoms with E-state index in [-0.39, 0.29) is 12.1 Å². The Morgan fingerprint density at radius 1 is 1.50 bits per heavy atom. The molecular weight excluding hydrogens is 204 g/mol. The van der Waals surface area contributed by atoms with E-state index in [4.69, 9.17) is 4.74 Å². The van der Waals surface area contributed by atoms with E-state index in [1.54, 1.807) is 0 Å². The molecule has 0 saturated carbocycles. The summed E-state index contributed by atoms with van der Waals surface area (Å²) in [5.41, 5.74) is -0.418. The van der Waals surface area contributed by atoms with E-state index in [1.807, 2.05) is 20.8 Å². The quantitative estimate of drug-likeness (QED) is 0.777. The Morgan fingerprint density at radius 3 is 2.75 bits per heavy atom. The van der Waals surface area contributed by atoms with Crippen LogP contribution in [-0.2, 0) is 4.74 Å². The monoisotopic (exact) mass is 228 g/mol. The second-order valence-electron chi connectivity index (χ2n) is 5.47. The standard InChI is InChI=1S/C12H24N2O2/c1-5-6-9-7-10(8-13-9)14-11(15)16-12(2,3)4/h9-10,13H,5-8H2,1-4H3,(H,14,15)/t9-,10-/m0/s1. The van der Waals surface area contributed by atoms with Crippen LogP contribution in [0, 0.1) is 0 Å². The number of carbonyl (C=O) groups excluding carboxylic acids is 1. The third-order valence-corrected chi connectivity index (χ3v) is 2.58. The number of alkyl carbamates (subject to hydrolysis) is 1. The fourth-order valence-corrected chi connectivity index (χ4v) is 1.97. The first-order chi connectivity index (χ1) is 7.40. The summed E-state index contributed by atoms with van der Waals surface area (Å²) in [5, 5.41) is 6.31. The van der Waals surface area contributed by atoms with Gasteiger partial charge in [0.1, 0.15) is 5.60 Å². The molecule has 1 fully saturated rings. The minimum atomic E-state index is -0.418. The van der Waals surface area contributed by atoms with Gasteiger partial charge in [-0.3, -0.25) is 0 Å². The summed E-state index contributed by atoms with van der Waals surface area (Å²) in [6.07, 6.45) is 3.05. The topological polar surface area (TPSA) is 50.4 Å². The highest BCUT2D eigenvalue weighted by atomic mass is 16.6. The molecule has 1 rings (SSSR count). The lowest BCUT2D eigenvalue weighted by molar-refractivity contribution is 0.0508. The van der Waals surface area contributed by atoms with Gasteiger partial charge in [-0.25, -0.2) is 4.79 Å². The lowest BCUT2D eigenvalue weighted by Gasteiger charge is -2.21. The Bertz CT molecular complexity index is 236. The number of carbonyl (C=O) groups is 1. The van der Waals surface area contributed by atoms with Crippen LogP contribution in [0.15, 0.2) is 0 Å². The van der Waals surface area contributed by atoms with Crippen LogP contribution >= 0.6 is 0 Å². The lowest BCUT2D eigenvalue weighted by atomic mass is 10.1. The molecule has 0 radical (unpaired) electrons. The van der Waals surface area contributed by atoms with Crippen molar-refractivity contribution in [3.8, 4) is 0 Å². The summed E-state index contributed by atoms with van der Waals surface area (Å²) >= 11 is 0. The maximum Gasteiger partial charge on any atom is 0.407 e. The van der Waals surface area contributed by atoms with Crippen LogP contribution in [0.1, 0.15) is 47.0 Å². The van der Waals surface area contributed by atoms with E-state index < -0.39 is 5.60 Å². The normalized spacial score (nSPS) is 25.5. The zero-order chi connectivity index (χ0) is 12.2. The number of hydrogen-bond donors (Lipinski definition) is 2. The number of nitrogens with one attached hydrogen (secondary N) is 2. The summed E-state index contributed by atoms with van der Waals surface area (Å²) in [7, 11) is 0. The predicted molar refractivity (Wildman–Crippen MR) is 64.5 cm³/mol. The summed E-state index contributed by atoms with van der Waals surface area (Å²) in [4.78, 5) is 11.5. The Balaban J connectivity index is 2.26. The van der Waals surface area contributed by atoms with Gasteiger partial charge >= 0.3 is 6.09 Å². The fourth-order valence-electron chi connectivity index (χ4n) is 1.97. The van der Waals surface area contributed by atoms with Crippen LogP contribution in [0.2, 0.25) is 0 Å². The van der Waals surface area contributed by atoms with Crippen molar-refractivity contribution in [2.24, 2.45) is 0 Å². The molecule has 0 unspecified atom stereocenters.